The monoisotopic (exact) mass is 410 g/mol. The number of ether oxygens (including phenoxy) is 3. The zero-order valence-electron chi connectivity index (χ0n) is 14.5. The molecule has 1 amide bonds. The number of fused-ring (bicyclic) bond motifs is 1. The third-order valence-electron chi connectivity index (χ3n) is 3.73. The van der Waals surface area contributed by atoms with Crippen LogP contribution in [0.25, 0.3) is 0 Å². The van der Waals surface area contributed by atoms with Crippen molar-refractivity contribution >= 4 is 27.6 Å². The maximum atomic E-state index is 13.9. The molecule has 0 spiro atoms. The second-order valence-electron chi connectivity index (χ2n) is 5.54. The summed E-state index contributed by atoms with van der Waals surface area (Å²) in [6.07, 6.45) is 0. The predicted molar refractivity (Wildman–Crippen MR) is 94.1 cm³/mol. The number of hydrogen-bond donors (Lipinski definition) is 2. The molecule has 2 N–H and O–H groups in total. The summed E-state index contributed by atoms with van der Waals surface area (Å²) in [5, 5.41) is 2.49. The molecule has 11 heteroatoms. The number of nitrogens with one attached hydrogen (secondary N) is 2. The zero-order chi connectivity index (χ0) is 20.3. The van der Waals surface area contributed by atoms with Crippen LogP contribution in [0.1, 0.15) is 10.4 Å². The first-order valence-electron chi connectivity index (χ1n) is 7.90. The second kappa shape index (κ2) is 7.82. The number of hydrogen-bond acceptors (Lipinski definition) is 7. The van der Waals surface area contributed by atoms with Gasteiger partial charge in [-0.2, -0.15) is 0 Å². The minimum absolute atomic E-state index is 0.0816. The molecule has 0 atom stereocenters. The molecule has 2 aromatic rings. The second-order valence-corrected chi connectivity index (χ2v) is 7.43. The van der Waals surface area contributed by atoms with Gasteiger partial charge in [-0.3, -0.25) is 4.79 Å². The van der Waals surface area contributed by atoms with Crippen molar-refractivity contribution in [3.63, 3.8) is 0 Å². The third kappa shape index (κ3) is 4.21. The van der Waals surface area contributed by atoms with E-state index in [9.17, 15) is 22.4 Å². The molecule has 0 fully saturated rings. The molecule has 0 unspecified atom stereocenters. The average molecular weight is 410 g/mol. The molecular formula is C17H15FN2O7S. The van der Waals surface area contributed by atoms with Gasteiger partial charge >= 0.3 is 5.97 Å². The van der Waals surface area contributed by atoms with Gasteiger partial charge in [0.2, 0.25) is 16.8 Å². The van der Waals surface area contributed by atoms with Crippen molar-refractivity contribution < 1.29 is 36.6 Å². The quantitative estimate of drug-likeness (QED) is 0.688. The van der Waals surface area contributed by atoms with Crippen LogP contribution < -0.4 is 19.5 Å². The Morgan fingerprint density at radius 2 is 1.89 bits per heavy atom. The molecule has 0 aliphatic carbocycles. The van der Waals surface area contributed by atoms with Crippen LogP contribution in [0.3, 0.4) is 0 Å². The van der Waals surface area contributed by atoms with Crippen molar-refractivity contribution in [3.05, 3.63) is 47.8 Å². The standard InChI is InChI=1S/C17H15FN2O7S/c1-19-28(23,24)11-3-4-13(18)12(7-11)17(22)25-8-16(21)20-10-2-5-14-15(6-10)27-9-26-14/h2-7,19H,8-9H2,1H3,(H,20,21). The zero-order valence-corrected chi connectivity index (χ0v) is 15.3. The fourth-order valence-corrected chi connectivity index (χ4v) is 3.08. The van der Waals surface area contributed by atoms with E-state index >= 15 is 0 Å². The Bertz CT molecular complexity index is 1040. The number of carbonyl (C=O) groups excluding carboxylic acids is 2. The molecule has 3 rings (SSSR count). The fraction of sp³-hybridized carbons (Fsp3) is 0.176. The average Bonchev–Trinajstić information content (AvgIpc) is 3.14. The highest BCUT2D eigenvalue weighted by atomic mass is 32.2. The summed E-state index contributed by atoms with van der Waals surface area (Å²) >= 11 is 0. The van der Waals surface area contributed by atoms with E-state index in [1.807, 2.05) is 0 Å². The summed E-state index contributed by atoms with van der Waals surface area (Å²) in [4.78, 5) is 23.7. The minimum atomic E-state index is -3.87. The van der Waals surface area contributed by atoms with Gasteiger partial charge in [0.1, 0.15) is 5.82 Å². The molecular weight excluding hydrogens is 395 g/mol. The van der Waals surface area contributed by atoms with Crippen LogP contribution in [-0.2, 0) is 19.6 Å². The largest absolute Gasteiger partial charge is 0.454 e. The van der Waals surface area contributed by atoms with Crippen LogP contribution in [-0.4, -0.2) is 40.7 Å². The molecule has 0 saturated heterocycles. The Morgan fingerprint density at radius 3 is 2.64 bits per heavy atom. The Kier molecular flexibility index (Phi) is 5.47. The van der Waals surface area contributed by atoms with Gasteiger partial charge in [0.15, 0.2) is 18.1 Å². The number of halogens is 1. The lowest BCUT2D eigenvalue weighted by atomic mass is 10.2. The molecule has 0 aromatic heterocycles. The normalized spacial score (nSPS) is 12.5. The summed E-state index contributed by atoms with van der Waals surface area (Å²) < 4.78 is 54.6. The summed E-state index contributed by atoms with van der Waals surface area (Å²) in [6.45, 7) is -0.617. The topological polar surface area (TPSA) is 120 Å². The first-order valence-corrected chi connectivity index (χ1v) is 9.38. The molecule has 2 aromatic carbocycles. The van der Waals surface area contributed by atoms with Crippen molar-refractivity contribution in [1.29, 1.82) is 0 Å². The Hall–Kier alpha value is -3.18. The van der Waals surface area contributed by atoms with Gasteiger partial charge in [-0.05, 0) is 37.4 Å². The van der Waals surface area contributed by atoms with Gasteiger partial charge in [-0.25, -0.2) is 22.3 Å². The van der Waals surface area contributed by atoms with E-state index in [4.69, 9.17) is 14.2 Å². The highest BCUT2D eigenvalue weighted by Gasteiger charge is 2.20. The molecule has 1 aliphatic rings. The lowest BCUT2D eigenvalue weighted by Gasteiger charge is -2.09. The van der Waals surface area contributed by atoms with Crippen LogP contribution >= 0.6 is 0 Å². The van der Waals surface area contributed by atoms with E-state index in [-0.39, 0.29) is 11.7 Å². The van der Waals surface area contributed by atoms with Crippen molar-refractivity contribution in [3.8, 4) is 11.5 Å². The van der Waals surface area contributed by atoms with E-state index < -0.39 is 39.9 Å². The van der Waals surface area contributed by atoms with E-state index in [1.54, 1.807) is 12.1 Å². The van der Waals surface area contributed by atoms with Crippen LogP contribution in [0.4, 0.5) is 10.1 Å². The van der Waals surface area contributed by atoms with Gasteiger partial charge in [-0.15, -0.1) is 0 Å². The molecule has 1 aliphatic heterocycles. The fourth-order valence-electron chi connectivity index (χ4n) is 2.33. The lowest BCUT2D eigenvalue weighted by Crippen LogP contribution is -2.22. The first kappa shape index (κ1) is 19.6. The van der Waals surface area contributed by atoms with Gasteiger partial charge in [0.25, 0.3) is 5.91 Å². The van der Waals surface area contributed by atoms with Gasteiger partial charge < -0.3 is 19.5 Å². The molecule has 0 bridgehead atoms. The Labute approximate surface area is 159 Å². The Morgan fingerprint density at radius 1 is 1.14 bits per heavy atom. The SMILES string of the molecule is CNS(=O)(=O)c1ccc(F)c(C(=O)OCC(=O)Nc2ccc3c(c2)OCO3)c1. The number of sulfonamides is 1. The van der Waals surface area contributed by atoms with Gasteiger partial charge in [0.05, 0.1) is 10.5 Å². The van der Waals surface area contributed by atoms with Crippen molar-refractivity contribution in [2.24, 2.45) is 0 Å². The minimum Gasteiger partial charge on any atom is -0.454 e. The summed E-state index contributed by atoms with van der Waals surface area (Å²) in [5.74, 6) is -1.83. The van der Waals surface area contributed by atoms with Crippen LogP contribution in [0, 0.1) is 5.82 Å². The number of benzene rings is 2. The van der Waals surface area contributed by atoms with E-state index in [0.717, 1.165) is 18.2 Å². The number of anilines is 1. The molecule has 148 valence electrons. The molecule has 1 heterocycles. The van der Waals surface area contributed by atoms with Crippen LogP contribution in [0.15, 0.2) is 41.3 Å². The van der Waals surface area contributed by atoms with Crippen LogP contribution in [0.2, 0.25) is 0 Å². The highest BCUT2D eigenvalue weighted by Crippen LogP contribution is 2.34. The maximum Gasteiger partial charge on any atom is 0.341 e. The van der Waals surface area contributed by atoms with Crippen LogP contribution in [0.5, 0.6) is 11.5 Å². The summed E-state index contributed by atoms with van der Waals surface area (Å²) in [6, 6.07) is 7.37. The third-order valence-corrected chi connectivity index (χ3v) is 5.14. The van der Waals surface area contributed by atoms with E-state index in [2.05, 4.69) is 10.0 Å². The smallest absolute Gasteiger partial charge is 0.341 e. The number of amides is 1. The summed E-state index contributed by atoms with van der Waals surface area (Å²) in [5.41, 5.74) is -0.217. The van der Waals surface area contributed by atoms with Gasteiger partial charge in [0, 0.05) is 11.8 Å². The summed E-state index contributed by atoms with van der Waals surface area (Å²) in [7, 11) is -2.70. The predicted octanol–water partition coefficient (Wildman–Crippen LogP) is 1.26. The molecule has 0 saturated carbocycles. The van der Waals surface area contributed by atoms with Crippen molar-refractivity contribution in [2.45, 2.75) is 4.90 Å². The molecule has 9 nitrogen and oxygen atoms in total. The molecule has 28 heavy (non-hydrogen) atoms. The van der Waals surface area contributed by atoms with Crippen molar-refractivity contribution in [2.75, 3.05) is 25.8 Å². The number of esters is 1. The lowest BCUT2D eigenvalue weighted by molar-refractivity contribution is -0.119. The van der Waals surface area contributed by atoms with E-state index in [1.165, 1.54) is 13.1 Å². The van der Waals surface area contributed by atoms with Crippen molar-refractivity contribution in [1.82, 2.24) is 4.72 Å². The van der Waals surface area contributed by atoms with E-state index in [0.29, 0.717) is 17.2 Å². The maximum absolute atomic E-state index is 13.9. The van der Waals surface area contributed by atoms with Gasteiger partial charge in [-0.1, -0.05) is 0 Å². The highest BCUT2D eigenvalue weighted by molar-refractivity contribution is 7.89. The first-order chi connectivity index (χ1) is 13.3. The number of carbonyl (C=O) groups is 2. The number of rotatable bonds is 6. The molecule has 0 radical (unpaired) electrons. The Balaban J connectivity index is 1.64.